The van der Waals surface area contributed by atoms with Crippen molar-refractivity contribution in [3.8, 4) is 0 Å². The molecule has 1 aromatic rings. The highest BCUT2D eigenvalue weighted by molar-refractivity contribution is 5.88. The Bertz CT molecular complexity index is 526. The second-order valence-corrected chi connectivity index (χ2v) is 5.47. The van der Waals surface area contributed by atoms with E-state index in [1.54, 1.807) is 0 Å². The molecule has 2 amide bonds. The highest BCUT2D eigenvalue weighted by Gasteiger charge is 2.26. The molecule has 0 spiro atoms. The van der Waals surface area contributed by atoms with Gasteiger partial charge in [0.1, 0.15) is 0 Å². The Labute approximate surface area is 118 Å². The Morgan fingerprint density at radius 2 is 1.95 bits per heavy atom. The average molecular weight is 273 g/mol. The zero-order valence-corrected chi connectivity index (χ0v) is 11.3. The first kappa shape index (κ1) is 13.1. The van der Waals surface area contributed by atoms with Crippen LogP contribution in [0.5, 0.6) is 0 Å². The van der Waals surface area contributed by atoms with Crippen molar-refractivity contribution in [1.82, 2.24) is 16.0 Å². The monoisotopic (exact) mass is 273 g/mol. The predicted molar refractivity (Wildman–Crippen MR) is 74.9 cm³/mol. The molecule has 0 bridgehead atoms. The van der Waals surface area contributed by atoms with Crippen LogP contribution in [0.3, 0.4) is 0 Å². The van der Waals surface area contributed by atoms with Crippen LogP contribution in [0.1, 0.15) is 24.0 Å². The van der Waals surface area contributed by atoms with Gasteiger partial charge in [-0.05, 0) is 30.4 Å². The van der Waals surface area contributed by atoms with Crippen LogP contribution >= 0.6 is 0 Å². The van der Waals surface area contributed by atoms with E-state index in [-0.39, 0.29) is 24.4 Å². The number of amides is 2. The molecule has 5 heteroatoms. The van der Waals surface area contributed by atoms with Crippen molar-refractivity contribution < 1.29 is 9.59 Å². The molecule has 5 nitrogen and oxygen atoms in total. The fourth-order valence-corrected chi connectivity index (χ4v) is 2.44. The lowest BCUT2D eigenvalue weighted by molar-refractivity contribution is -0.127. The summed E-state index contributed by atoms with van der Waals surface area (Å²) in [7, 11) is 0. The van der Waals surface area contributed by atoms with Gasteiger partial charge in [0.05, 0.1) is 12.6 Å². The summed E-state index contributed by atoms with van der Waals surface area (Å²) in [5.41, 5.74) is 2.44. The van der Waals surface area contributed by atoms with Crippen molar-refractivity contribution in [2.45, 2.75) is 37.9 Å². The van der Waals surface area contributed by atoms with Gasteiger partial charge < -0.3 is 16.0 Å². The van der Waals surface area contributed by atoms with Crippen LogP contribution in [0.15, 0.2) is 24.3 Å². The predicted octanol–water partition coefficient (Wildman–Crippen LogP) is 0.0957. The zero-order chi connectivity index (χ0) is 13.9. The van der Waals surface area contributed by atoms with Gasteiger partial charge in [0.15, 0.2) is 0 Å². The summed E-state index contributed by atoms with van der Waals surface area (Å²) in [5.74, 6) is -0.206. The molecule has 3 N–H and O–H groups in total. The van der Waals surface area contributed by atoms with Crippen molar-refractivity contribution in [2.75, 3.05) is 6.54 Å². The molecule has 1 aliphatic carbocycles. The van der Waals surface area contributed by atoms with Crippen molar-refractivity contribution in [2.24, 2.45) is 0 Å². The standard InChI is InChI=1S/C15H19N3O2/c19-14(18-12-5-6-12)9-17-15(20)13-7-10-3-1-2-4-11(10)8-16-13/h1-4,12-13,16H,5-9H2,(H,17,20)(H,18,19)/t13-/m0/s1. The minimum Gasteiger partial charge on any atom is -0.352 e. The number of hydrogen-bond donors (Lipinski definition) is 3. The van der Waals surface area contributed by atoms with E-state index < -0.39 is 0 Å². The largest absolute Gasteiger partial charge is 0.352 e. The summed E-state index contributed by atoms with van der Waals surface area (Å²) in [6.07, 6.45) is 2.79. The molecule has 2 aliphatic rings. The number of rotatable bonds is 4. The Balaban J connectivity index is 1.49. The lowest BCUT2D eigenvalue weighted by atomic mass is 9.95. The van der Waals surface area contributed by atoms with Gasteiger partial charge >= 0.3 is 0 Å². The van der Waals surface area contributed by atoms with Crippen molar-refractivity contribution in [1.29, 1.82) is 0 Å². The second-order valence-electron chi connectivity index (χ2n) is 5.47. The third-order valence-electron chi connectivity index (χ3n) is 3.76. The van der Waals surface area contributed by atoms with Gasteiger partial charge in [-0.3, -0.25) is 9.59 Å². The topological polar surface area (TPSA) is 70.2 Å². The third-order valence-corrected chi connectivity index (χ3v) is 3.76. The van der Waals surface area contributed by atoms with E-state index >= 15 is 0 Å². The molecule has 1 aliphatic heterocycles. The summed E-state index contributed by atoms with van der Waals surface area (Å²) in [5, 5.41) is 8.76. The summed E-state index contributed by atoms with van der Waals surface area (Å²) in [4.78, 5) is 23.6. The van der Waals surface area contributed by atoms with Crippen LogP contribution in [-0.2, 0) is 22.6 Å². The molecule has 106 valence electrons. The highest BCUT2D eigenvalue weighted by atomic mass is 16.2. The van der Waals surface area contributed by atoms with E-state index in [2.05, 4.69) is 28.1 Å². The minimum atomic E-state index is -0.251. The van der Waals surface area contributed by atoms with Gasteiger partial charge in [0.25, 0.3) is 0 Å². The van der Waals surface area contributed by atoms with E-state index in [0.717, 1.165) is 12.8 Å². The SMILES string of the molecule is O=C(CNC(=O)[C@@H]1Cc2ccccc2CN1)NC1CC1. The van der Waals surface area contributed by atoms with Gasteiger partial charge in [-0.25, -0.2) is 0 Å². The first-order valence-corrected chi connectivity index (χ1v) is 7.09. The summed E-state index contributed by atoms with van der Waals surface area (Å²) < 4.78 is 0. The molecule has 20 heavy (non-hydrogen) atoms. The molecule has 3 rings (SSSR count). The van der Waals surface area contributed by atoms with Crippen LogP contribution in [0.2, 0.25) is 0 Å². The van der Waals surface area contributed by atoms with Crippen molar-refractivity contribution >= 4 is 11.8 Å². The molecule has 0 unspecified atom stereocenters. The number of nitrogens with one attached hydrogen (secondary N) is 3. The van der Waals surface area contributed by atoms with E-state index in [4.69, 9.17) is 0 Å². The molecule has 1 saturated carbocycles. The Hall–Kier alpha value is -1.88. The second kappa shape index (κ2) is 5.63. The maximum Gasteiger partial charge on any atom is 0.239 e. The molecule has 0 aromatic heterocycles. The normalized spacial score (nSPS) is 20.9. The van der Waals surface area contributed by atoms with Crippen LogP contribution in [0.4, 0.5) is 0 Å². The van der Waals surface area contributed by atoms with E-state index in [1.165, 1.54) is 11.1 Å². The van der Waals surface area contributed by atoms with Gasteiger partial charge in [0.2, 0.25) is 11.8 Å². The van der Waals surface area contributed by atoms with E-state index in [0.29, 0.717) is 19.0 Å². The number of benzene rings is 1. The Morgan fingerprint density at radius 3 is 2.70 bits per heavy atom. The average Bonchev–Trinajstić information content (AvgIpc) is 3.28. The molecule has 1 heterocycles. The molecule has 1 atom stereocenters. The van der Waals surface area contributed by atoms with Gasteiger partial charge in [0, 0.05) is 12.6 Å². The van der Waals surface area contributed by atoms with Crippen molar-refractivity contribution in [3.63, 3.8) is 0 Å². The number of hydrogen-bond acceptors (Lipinski definition) is 3. The van der Waals surface area contributed by atoms with E-state index in [1.807, 2.05) is 12.1 Å². The zero-order valence-electron chi connectivity index (χ0n) is 11.3. The highest BCUT2D eigenvalue weighted by Crippen LogP contribution is 2.18. The number of fused-ring (bicyclic) bond motifs is 1. The van der Waals surface area contributed by atoms with Crippen LogP contribution in [-0.4, -0.2) is 30.4 Å². The lowest BCUT2D eigenvalue weighted by Crippen LogP contribution is -2.49. The fourth-order valence-electron chi connectivity index (χ4n) is 2.44. The fraction of sp³-hybridized carbons (Fsp3) is 0.467. The van der Waals surface area contributed by atoms with Gasteiger partial charge in [-0.2, -0.15) is 0 Å². The minimum absolute atomic E-state index is 0.0646. The molecule has 0 saturated heterocycles. The van der Waals surface area contributed by atoms with Crippen LogP contribution < -0.4 is 16.0 Å². The number of carbonyl (C=O) groups is 2. The quantitative estimate of drug-likeness (QED) is 0.728. The summed E-state index contributed by atoms with van der Waals surface area (Å²) in [6.45, 7) is 0.762. The van der Waals surface area contributed by atoms with E-state index in [9.17, 15) is 9.59 Å². The van der Waals surface area contributed by atoms with Crippen LogP contribution in [0.25, 0.3) is 0 Å². The number of carbonyl (C=O) groups excluding carboxylic acids is 2. The Morgan fingerprint density at radius 1 is 1.20 bits per heavy atom. The summed E-state index contributed by atoms with van der Waals surface area (Å²) >= 11 is 0. The maximum absolute atomic E-state index is 12.1. The first-order chi connectivity index (χ1) is 9.72. The molecular weight excluding hydrogens is 254 g/mol. The molecule has 0 radical (unpaired) electrons. The third kappa shape index (κ3) is 3.17. The molecule has 1 fully saturated rings. The maximum atomic E-state index is 12.1. The lowest BCUT2D eigenvalue weighted by Gasteiger charge is -2.25. The van der Waals surface area contributed by atoms with Crippen molar-refractivity contribution in [3.05, 3.63) is 35.4 Å². The molecular formula is C15H19N3O2. The van der Waals surface area contributed by atoms with Gasteiger partial charge in [-0.1, -0.05) is 24.3 Å². The smallest absolute Gasteiger partial charge is 0.239 e. The first-order valence-electron chi connectivity index (χ1n) is 7.09. The summed E-state index contributed by atoms with van der Waals surface area (Å²) in [6, 6.07) is 8.19. The van der Waals surface area contributed by atoms with Gasteiger partial charge in [-0.15, -0.1) is 0 Å². The van der Waals surface area contributed by atoms with Crippen LogP contribution in [0, 0.1) is 0 Å². The molecule has 1 aromatic carbocycles. The Kier molecular flexibility index (Phi) is 3.69.